The van der Waals surface area contributed by atoms with Gasteiger partial charge in [0, 0.05) is 37.9 Å². The number of likely N-dealkylation sites (tertiary alicyclic amines) is 1. The normalized spacial score (nSPS) is 16.6. The van der Waals surface area contributed by atoms with Crippen molar-refractivity contribution in [2.24, 2.45) is 0 Å². The van der Waals surface area contributed by atoms with Crippen LogP contribution in [0.1, 0.15) is 75.1 Å². The molecule has 0 spiro atoms. The summed E-state index contributed by atoms with van der Waals surface area (Å²) in [6.07, 6.45) is 33.2. The van der Waals surface area contributed by atoms with Gasteiger partial charge in [0.1, 0.15) is 0 Å². The van der Waals surface area contributed by atoms with Crippen molar-refractivity contribution in [2.75, 3.05) is 13.1 Å². The topological polar surface area (TPSA) is 62.3 Å². The highest BCUT2D eigenvalue weighted by atomic mass is 16.2. The summed E-state index contributed by atoms with van der Waals surface area (Å²) in [4.78, 5) is 30.5. The summed E-state index contributed by atoms with van der Waals surface area (Å²) in [6, 6.07) is 3.58. The Morgan fingerprint density at radius 3 is 2.20 bits per heavy atom. The zero-order valence-corrected chi connectivity index (χ0v) is 21.1. The van der Waals surface area contributed by atoms with E-state index in [0.29, 0.717) is 25.1 Å². The molecule has 0 aliphatic carbocycles. The molecule has 1 unspecified atom stereocenters. The predicted molar refractivity (Wildman–Crippen MR) is 145 cm³/mol. The molecule has 1 atom stereocenters. The number of carbonyl (C=O) groups excluding carboxylic acids is 2. The third-order valence-corrected chi connectivity index (χ3v) is 5.68. The number of aromatic nitrogens is 1. The van der Waals surface area contributed by atoms with E-state index in [1.54, 1.807) is 29.4 Å². The summed E-state index contributed by atoms with van der Waals surface area (Å²) in [6.45, 7) is 3.38. The fraction of sp³-hybridized carbons (Fsp3) is 0.433. The van der Waals surface area contributed by atoms with Crippen molar-refractivity contribution in [3.8, 4) is 0 Å². The predicted octanol–water partition coefficient (Wildman–Crippen LogP) is 6.33. The molecule has 0 bridgehead atoms. The number of amides is 2. The molecule has 1 aliphatic rings. The number of nitrogens with zero attached hydrogens (tertiary/aromatic N) is 2. The molecule has 1 aliphatic heterocycles. The first-order valence-corrected chi connectivity index (χ1v) is 12.9. The van der Waals surface area contributed by atoms with Gasteiger partial charge in [0.25, 0.3) is 5.91 Å². The molecule has 1 saturated heterocycles. The summed E-state index contributed by atoms with van der Waals surface area (Å²) in [5.41, 5.74) is 0.594. The molecule has 2 amide bonds. The van der Waals surface area contributed by atoms with Crippen LogP contribution in [0.4, 0.5) is 0 Å². The van der Waals surface area contributed by atoms with Crippen LogP contribution in [0, 0.1) is 0 Å². The molecule has 0 saturated carbocycles. The highest BCUT2D eigenvalue weighted by molar-refractivity contribution is 5.94. The fourth-order valence-corrected chi connectivity index (χ4v) is 3.78. The SMILES string of the molecule is CCC=CCC=CCC=CCC=CCC=CCCCC(=O)NC1CCN(C(=O)c2cccnc2)C1. The Morgan fingerprint density at radius 1 is 0.971 bits per heavy atom. The fourth-order valence-electron chi connectivity index (χ4n) is 3.78. The zero-order valence-electron chi connectivity index (χ0n) is 21.1. The zero-order chi connectivity index (χ0) is 25.0. The van der Waals surface area contributed by atoms with Gasteiger partial charge >= 0.3 is 0 Å². The lowest BCUT2D eigenvalue weighted by Crippen LogP contribution is -2.38. The van der Waals surface area contributed by atoms with Crippen LogP contribution in [-0.2, 0) is 4.79 Å². The smallest absolute Gasteiger partial charge is 0.255 e. The molecule has 1 N–H and O–H groups in total. The minimum atomic E-state index is -0.0201. The number of hydrogen-bond acceptors (Lipinski definition) is 3. The number of carbonyl (C=O) groups is 2. The third kappa shape index (κ3) is 12.7. The average molecular weight is 476 g/mol. The number of nitrogens with one attached hydrogen (secondary N) is 1. The molecule has 1 aromatic heterocycles. The molecule has 1 aromatic rings. The number of pyridine rings is 1. The second-order valence-corrected chi connectivity index (χ2v) is 8.65. The molecule has 188 valence electrons. The van der Waals surface area contributed by atoms with Crippen LogP contribution in [0.3, 0.4) is 0 Å². The van der Waals surface area contributed by atoms with Gasteiger partial charge in [-0.25, -0.2) is 0 Å². The Bertz CT molecular complexity index is 884. The Kier molecular flexibility index (Phi) is 14.5. The summed E-state index contributed by atoms with van der Waals surface area (Å²) >= 11 is 0. The molecule has 5 nitrogen and oxygen atoms in total. The van der Waals surface area contributed by atoms with Crippen molar-refractivity contribution in [2.45, 2.75) is 70.8 Å². The highest BCUT2D eigenvalue weighted by Gasteiger charge is 2.27. The minimum absolute atomic E-state index is 0.0201. The second-order valence-electron chi connectivity index (χ2n) is 8.65. The molecule has 0 radical (unpaired) electrons. The molecule has 2 rings (SSSR count). The molecule has 35 heavy (non-hydrogen) atoms. The molecular formula is C30H41N3O2. The van der Waals surface area contributed by atoms with E-state index in [9.17, 15) is 9.59 Å². The molecule has 0 aromatic carbocycles. The lowest BCUT2D eigenvalue weighted by molar-refractivity contribution is -0.121. The van der Waals surface area contributed by atoms with Crippen molar-refractivity contribution < 1.29 is 9.59 Å². The van der Waals surface area contributed by atoms with E-state index in [0.717, 1.165) is 51.4 Å². The number of allylic oxidation sites excluding steroid dienone is 10. The summed E-state index contributed by atoms with van der Waals surface area (Å²) < 4.78 is 0. The van der Waals surface area contributed by atoms with Crippen LogP contribution in [0.2, 0.25) is 0 Å². The van der Waals surface area contributed by atoms with Crippen molar-refractivity contribution in [1.82, 2.24) is 15.2 Å². The van der Waals surface area contributed by atoms with Crippen LogP contribution in [0.25, 0.3) is 0 Å². The Labute approximate surface area is 211 Å². The lowest BCUT2D eigenvalue weighted by Gasteiger charge is -2.17. The van der Waals surface area contributed by atoms with Crippen LogP contribution in [-0.4, -0.2) is 40.8 Å². The average Bonchev–Trinajstić information content (AvgIpc) is 3.34. The summed E-state index contributed by atoms with van der Waals surface area (Å²) in [5.74, 6) is 0.0475. The first-order valence-electron chi connectivity index (χ1n) is 12.9. The highest BCUT2D eigenvalue weighted by Crippen LogP contribution is 2.13. The minimum Gasteiger partial charge on any atom is -0.352 e. The van der Waals surface area contributed by atoms with Crippen molar-refractivity contribution in [3.05, 3.63) is 90.9 Å². The number of hydrogen-bond donors (Lipinski definition) is 1. The quantitative estimate of drug-likeness (QED) is 0.238. The van der Waals surface area contributed by atoms with Crippen LogP contribution in [0.15, 0.2) is 85.3 Å². The summed E-state index contributed by atoms with van der Waals surface area (Å²) in [7, 11) is 0. The maximum Gasteiger partial charge on any atom is 0.255 e. The molecular weight excluding hydrogens is 434 g/mol. The molecule has 1 fully saturated rings. The van der Waals surface area contributed by atoms with Crippen molar-refractivity contribution in [3.63, 3.8) is 0 Å². The van der Waals surface area contributed by atoms with E-state index in [1.165, 1.54) is 0 Å². The number of rotatable bonds is 15. The second kappa shape index (κ2) is 18.2. The summed E-state index contributed by atoms with van der Waals surface area (Å²) in [5, 5.41) is 3.07. The first kappa shape index (κ1) is 28.0. The van der Waals surface area contributed by atoms with Crippen molar-refractivity contribution >= 4 is 11.8 Å². The first-order chi connectivity index (χ1) is 17.2. The van der Waals surface area contributed by atoms with Crippen molar-refractivity contribution in [1.29, 1.82) is 0 Å². The number of unbranched alkanes of at least 4 members (excludes halogenated alkanes) is 1. The van der Waals surface area contributed by atoms with Crippen LogP contribution in [0.5, 0.6) is 0 Å². The van der Waals surface area contributed by atoms with E-state index < -0.39 is 0 Å². The molecule has 5 heteroatoms. The molecule has 2 heterocycles. The van der Waals surface area contributed by atoms with Gasteiger partial charge in [0.2, 0.25) is 5.91 Å². The van der Waals surface area contributed by atoms with Crippen LogP contribution >= 0.6 is 0 Å². The Morgan fingerprint density at radius 2 is 1.60 bits per heavy atom. The van der Waals surface area contributed by atoms with E-state index in [1.807, 2.05) is 0 Å². The van der Waals surface area contributed by atoms with Gasteiger partial charge in [-0.05, 0) is 63.5 Å². The standard InChI is InChI=1S/C30H41N3O2/c1-2-3-4-5-6-7-8-9-10-11-12-13-14-15-16-17-18-21-29(34)32-28-22-24-33(26-28)30(35)27-20-19-23-31-25-27/h3-4,6-7,9-10,12-13,15-16,19-20,23,25,28H,2,5,8,11,14,17-18,21-22,24,26H2,1H3,(H,32,34). The van der Waals surface area contributed by atoms with E-state index >= 15 is 0 Å². The lowest BCUT2D eigenvalue weighted by atomic mass is 10.2. The van der Waals surface area contributed by atoms with Gasteiger partial charge in [0.05, 0.1) is 5.56 Å². The monoisotopic (exact) mass is 475 g/mol. The van der Waals surface area contributed by atoms with E-state index in [2.05, 4.69) is 78.0 Å². The van der Waals surface area contributed by atoms with Gasteiger partial charge in [-0.1, -0.05) is 67.7 Å². The third-order valence-electron chi connectivity index (χ3n) is 5.68. The van der Waals surface area contributed by atoms with Gasteiger partial charge in [-0.15, -0.1) is 0 Å². The Hall–Kier alpha value is -3.21. The van der Waals surface area contributed by atoms with Gasteiger partial charge in [-0.2, -0.15) is 0 Å². The Balaban J connectivity index is 1.47. The van der Waals surface area contributed by atoms with E-state index in [4.69, 9.17) is 0 Å². The van der Waals surface area contributed by atoms with Crippen LogP contribution < -0.4 is 5.32 Å². The van der Waals surface area contributed by atoms with Gasteiger partial charge < -0.3 is 10.2 Å². The van der Waals surface area contributed by atoms with Gasteiger partial charge in [-0.3, -0.25) is 14.6 Å². The van der Waals surface area contributed by atoms with E-state index in [-0.39, 0.29) is 17.9 Å². The largest absolute Gasteiger partial charge is 0.352 e. The maximum absolute atomic E-state index is 12.5. The van der Waals surface area contributed by atoms with Gasteiger partial charge in [0.15, 0.2) is 0 Å². The maximum atomic E-state index is 12.5.